The summed E-state index contributed by atoms with van der Waals surface area (Å²) in [7, 11) is 0. The van der Waals surface area contributed by atoms with Crippen molar-refractivity contribution in [3.63, 3.8) is 0 Å². The molecule has 0 fully saturated rings. The largest absolute Gasteiger partial charge is 0.394 e. The van der Waals surface area contributed by atoms with Crippen LogP contribution in [0.3, 0.4) is 0 Å². The van der Waals surface area contributed by atoms with Crippen LogP contribution in [0.2, 0.25) is 0 Å². The third-order valence-electron chi connectivity index (χ3n) is 3.01. The zero-order chi connectivity index (χ0) is 12.4. The Hall–Kier alpha value is -0.910. The monoisotopic (exact) mass is 298 g/mol. The smallest absolute Gasteiger partial charge is 0.242 e. The number of benzene rings is 1. The highest BCUT2D eigenvalue weighted by atomic mass is 79.9. The average Bonchev–Trinajstić information content (AvgIpc) is 2.36. The molecule has 0 spiro atoms. The molecule has 1 aliphatic rings. The Kier molecular flexibility index (Phi) is 3.81. The number of fused-ring (bicyclic) bond motifs is 1. The number of hydrogen-bond donors (Lipinski definition) is 2. The van der Waals surface area contributed by atoms with Crippen LogP contribution in [0.15, 0.2) is 22.7 Å². The van der Waals surface area contributed by atoms with Crippen molar-refractivity contribution < 1.29 is 9.90 Å². The van der Waals surface area contributed by atoms with Gasteiger partial charge in [-0.05, 0) is 29.7 Å². The molecule has 2 rings (SSSR count). The van der Waals surface area contributed by atoms with Gasteiger partial charge in [-0.15, -0.1) is 0 Å². The van der Waals surface area contributed by atoms with Gasteiger partial charge in [0.05, 0.1) is 6.61 Å². The van der Waals surface area contributed by atoms with Crippen LogP contribution < -0.4 is 5.73 Å². The Bertz CT molecular complexity index is 437. The molecule has 0 aliphatic carbocycles. The number of carbonyl (C=O) groups excluding carboxylic acids is 1. The Balaban J connectivity index is 2.13. The molecule has 1 heterocycles. The molecule has 1 aliphatic heterocycles. The number of amides is 1. The molecule has 0 aromatic heterocycles. The first kappa shape index (κ1) is 12.5. The van der Waals surface area contributed by atoms with Crippen molar-refractivity contribution in [3.05, 3.63) is 33.8 Å². The summed E-state index contributed by atoms with van der Waals surface area (Å²) in [6.07, 6.45) is 0.832. The predicted molar refractivity (Wildman–Crippen MR) is 68.3 cm³/mol. The molecule has 17 heavy (non-hydrogen) atoms. The number of nitrogens with two attached hydrogens (primary N) is 1. The van der Waals surface area contributed by atoms with Gasteiger partial charge >= 0.3 is 0 Å². The molecule has 4 nitrogen and oxygen atoms in total. The lowest BCUT2D eigenvalue weighted by Crippen LogP contribution is -2.47. The van der Waals surface area contributed by atoms with Gasteiger partial charge in [-0.2, -0.15) is 0 Å². The molecular weight excluding hydrogens is 284 g/mol. The summed E-state index contributed by atoms with van der Waals surface area (Å²) in [6.45, 7) is 0.938. The number of rotatable bonds is 2. The number of aliphatic hydroxyl groups excluding tert-OH is 1. The molecule has 1 aromatic rings. The Morgan fingerprint density at radius 1 is 1.53 bits per heavy atom. The minimum absolute atomic E-state index is 0.180. The van der Waals surface area contributed by atoms with E-state index in [0.29, 0.717) is 13.1 Å². The van der Waals surface area contributed by atoms with Gasteiger partial charge in [0.25, 0.3) is 0 Å². The quantitative estimate of drug-likeness (QED) is 0.843. The lowest BCUT2D eigenvalue weighted by Gasteiger charge is -2.30. The Labute approximate surface area is 109 Å². The molecule has 1 atom stereocenters. The minimum atomic E-state index is -0.799. The molecule has 0 saturated carbocycles. The van der Waals surface area contributed by atoms with Crippen LogP contribution in [0.25, 0.3) is 0 Å². The normalized spacial score (nSPS) is 16.5. The van der Waals surface area contributed by atoms with Crippen molar-refractivity contribution in [1.29, 1.82) is 0 Å². The second-order valence-electron chi connectivity index (χ2n) is 4.21. The summed E-state index contributed by atoms with van der Waals surface area (Å²) in [4.78, 5) is 13.5. The molecule has 92 valence electrons. The first-order chi connectivity index (χ1) is 8.11. The van der Waals surface area contributed by atoms with Gasteiger partial charge in [-0.1, -0.05) is 22.0 Å². The van der Waals surface area contributed by atoms with Gasteiger partial charge in [-0.3, -0.25) is 4.79 Å². The maximum Gasteiger partial charge on any atom is 0.242 e. The highest BCUT2D eigenvalue weighted by Gasteiger charge is 2.24. The second kappa shape index (κ2) is 5.16. The van der Waals surface area contributed by atoms with Crippen LogP contribution >= 0.6 is 15.9 Å². The minimum Gasteiger partial charge on any atom is -0.394 e. The molecule has 0 radical (unpaired) electrons. The first-order valence-electron chi connectivity index (χ1n) is 5.54. The number of carbonyl (C=O) groups is 1. The molecule has 0 saturated heterocycles. The van der Waals surface area contributed by atoms with E-state index >= 15 is 0 Å². The lowest BCUT2D eigenvalue weighted by atomic mass is 9.99. The van der Waals surface area contributed by atoms with Crippen LogP contribution in [0.1, 0.15) is 11.1 Å². The summed E-state index contributed by atoms with van der Waals surface area (Å²) in [5.74, 6) is -0.180. The van der Waals surface area contributed by atoms with Gasteiger partial charge < -0.3 is 15.7 Å². The molecule has 3 N–H and O–H groups in total. The number of nitrogens with zero attached hydrogens (tertiary/aromatic N) is 1. The summed E-state index contributed by atoms with van der Waals surface area (Å²) in [5.41, 5.74) is 7.96. The van der Waals surface area contributed by atoms with Crippen molar-refractivity contribution in [3.8, 4) is 0 Å². The van der Waals surface area contributed by atoms with Crippen LogP contribution in [0.4, 0.5) is 0 Å². The Morgan fingerprint density at radius 2 is 2.29 bits per heavy atom. The first-order valence-corrected chi connectivity index (χ1v) is 6.33. The summed E-state index contributed by atoms with van der Waals surface area (Å²) >= 11 is 3.44. The molecule has 1 amide bonds. The lowest BCUT2D eigenvalue weighted by molar-refractivity contribution is -0.134. The van der Waals surface area contributed by atoms with Crippen LogP contribution in [0, 0.1) is 0 Å². The second-order valence-corrected chi connectivity index (χ2v) is 5.13. The predicted octanol–water partition coefficient (Wildman–Crippen LogP) is 0.653. The highest BCUT2D eigenvalue weighted by molar-refractivity contribution is 9.10. The third-order valence-corrected chi connectivity index (χ3v) is 3.50. The van der Waals surface area contributed by atoms with Crippen molar-refractivity contribution in [1.82, 2.24) is 4.90 Å². The van der Waals surface area contributed by atoms with Gasteiger partial charge in [0.15, 0.2) is 0 Å². The Morgan fingerprint density at radius 3 is 3.00 bits per heavy atom. The molecule has 1 unspecified atom stereocenters. The van der Waals surface area contributed by atoms with E-state index in [0.717, 1.165) is 16.5 Å². The van der Waals surface area contributed by atoms with E-state index in [1.165, 1.54) is 5.56 Å². The van der Waals surface area contributed by atoms with Gasteiger partial charge in [0.1, 0.15) is 6.04 Å². The van der Waals surface area contributed by atoms with Crippen LogP contribution in [-0.2, 0) is 17.8 Å². The third kappa shape index (κ3) is 2.68. The highest BCUT2D eigenvalue weighted by Crippen LogP contribution is 2.23. The fourth-order valence-corrected chi connectivity index (χ4v) is 2.43. The van der Waals surface area contributed by atoms with E-state index in [4.69, 9.17) is 10.8 Å². The van der Waals surface area contributed by atoms with E-state index < -0.39 is 6.04 Å². The fourth-order valence-electron chi connectivity index (χ4n) is 2.02. The maximum absolute atomic E-state index is 11.8. The van der Waals surface area contributed by atoms with Crippen molar-refractivity contribution in [2.75, 3.05) is 13.2 Å². The standard InChI is InChI=1S/C12H15BrN2O2/c13-10-2-1-9-6-15(4-3-8(9)5-10)12(17)11(14)7-16/h1-2,5,11,16H,3-4,6-7,14H2. The average molecular weight is 299 g/mol. The molecule has 5 heteroatoms. The number of aliphatic hydroxyl groups is 1. The van der Waals surface area contributed by atoms with E-state index in [9.17, 15) is 4.79 Å². The van der Waals surface area contributed by atoms with Crippen LogP contribution in [-0.4, -0.2) is 35.1 Å². The summed E-state index contributed by atoms with van der Waals surface area (Å²) < 4.78 is 1.06. The molecular formula is C12H15BrN2O2. The van der Waals surface area contributed by atoms with Gasteiger partial charge in [-0.25, -0.2) is 0 Å². The van der Waals surface area contributed by atoms with Crippen molar-refractivity contribution in [2.24, 2.45) is 5.73 Å². The van der Waals surface area contributed by atoms with Gasteiger partial charge in [0, 0.05) is 17.6 Å². The van der Waals surface area contributed by atoms with E-state index in [-0.39, 0.29) is 12.5 Å². The zero-order valence-electron chi connectivity index (χ0n) is 9.40. The SMILES string of the molecule is NC(CO)C(=O)N1CCc2cc(Br)ccc2C1. The maximum atomic E-state index is 11.8. The molecule has 0 bridgehead atoms. The zero-order valence-corrected chi connectivity index (χ0v) is 11.0. The van der Waals surface area contributed by atoms with E-state index in [2.05, 4.69) is 22.0 Å². The molecule has 1 aromatic carbocycles. The van der Waals surface area contributed by atoms with Crippen molar-refractivity contribution >= 4 is 21.8 Å². The fraction of sp³-hybridized carbons (Fsp3) is 0.417. The van der Waals surface area contributed by atoms with Crippen LogP contribution in [0.5, 0.6) is 0 Å². The topological polar surface area (TPSA) is 66.6 Å². The number of halogens is 1. The number of hydrogen-bond acceptors (Lipinski definition) is 3. The van der Waals surface area contributed by atoms with E-state index in [1.807, 2.05) is 12.1 Å². The summed E-state index contributed by atoms with van der Waals surface area (Å²) in [5, 5.41) is 8.89. The van der Waals surface area contributed by atoms with E-state index in [1.54, 1.807) is 4.90 Å². The summed E-state index contributed by atoms with van der Waals surface area (Å²) in [6, 6.07) is 5.28. The van der Waals surface area contributed by atoms with Gasteiger partial charge in [0.2, 0.25) is 5.91 Å². The van der Waals surface area contributed by atoms with Crippen molar-refractivity contribution in [2.45, 2.75) is 19.0 Å².